The van der Waals surface area contributed by atoms with Crippen molar-refractivity contribution in [2.45, 2.75) is 77.0 Å². The first kappa shape index (κ1) is 20.8. The Morgan fingerprint density at radius 1 is 0.400 bits per heavy atom. The van der Waals surface area contributed by atoms with Crippen LogP contribution in [0.1, 0.15) is 77.6 Å². The summed E-state index contributed by atoms with van der Waals surface area (Å²) in [7, 11) is 0. The van der Waals surface area contributed by atoms with E-state index in [1.807, 2.05) is 0 Å². The summed E-state index contributed by atoms with van der Waals surface area (Å²) in [6, 6.07) is 18.5. The van der Waals surface area contributed by atoms with E-state index in [0.29, 0.717) is 29.9 Å². The Bertz CT molecular complexity index is 961. The van der Waals surface area contributed by atoms with E-state index in [1.165, 1.54) is 0 Å². The van der Waals surface area contributed by atoms with Crippen molar-refractivity contribution < 1.29 is 0 Å². The van der Waals surface area contributed by atoms with E-state index in [1.54, 1.807) is 40.1 Å². The molecule has 156 valence electrons. The van der Waals surface area contributed by atoms with Crippen molar-refractivity contribution >= 4 is 29.9 Å². The summed E-state index contributed by atoms with van der Waals surface area (Å²) < 4.78 is 7.06. The van der Waals surface area contributed by atoms with Gasteiger partial charge in [-0.25, -0.2) is 0 Å². The second-order valence-electron chi connectivity index (χ2n) is 11.1. The fourth-order valence-electron chi connectivity index (χ4n) is 5.67. The van der Waals surface area contributed by atoms with Crippen molar-refractivity contribution in [3.05, 3.63) is 88.7 Å². The van der Waals surface area contributed by atoms with Crippen molar-refractivity contribution in [2.24, 2.45) is 0 Å². The SMILES string of the molecule is CC1(C)C2=C([Se]C3=C([Se]2)C(C)(C)c2ccccc2C3(C)C)C(C)(C)c2ccccc21. The quantitative estimate of drug-likeness (QED) is 0.350. The van der Waals surface area contributed by atoms with Crippen LogP contribution in [0.2, 0.25) is 0 Å². The molecule has 0 unspecified atom stereocenters. The third-order valence-electron chi connectivity index (χ3n) is 7.64. The fraction of sp³-hybridized carbons (Fsp3) is 0.429. The summed E-state index contributed by atoms with van der Waals surface area (Å²) in [5.74, 6) is 0. The molecule has 2 aliphatic carbocycles. The zero-order chi connectivity index (χ0) is 21.7. The molecule has 0 bridgehead atoms. The second-order valence-corrected chi connectivity index (χ2v) is 15.4. The van der Waals surface area contributed by atoms with Crippen molar-refractivity contribution in [3.8, 4) is 0 Å². The van der Waals surface area contributed by atoms with E-state index in [9.17, 15) is 0 Å². The van der Waals surface area contributed by atoms with E-state index < -0.39 is 0 Å². The van der Waals surface area contributed by atoms with Gasteiger partial charge in [0.2, 0.25) is 0 Å². The van der Waals surface area contributed by atoms with Crippen molar-refractivity contribution in [1.82, 2.24) is 0 Å². The summed E-state index contributed by atoms with van der Waals surface area (Å²) in [5.41, 5.74) is 6.68. The number of hydrogen-bond acceptors (Lipinski definition) is 0. The summed E-state index contributed by atoms with van der Waals surface area (Å²) in [5, 5.41) is 0. The van der Waals surface area contributed by atoms with Gasteiger partial charge in [0.05, 0.1) is 0 Å². The van der Waals surface area contributed by atoms with Gasteiger partial charge in [-0.1, -0.05) is 0 Å². The van der Waals surface area contributed by atoms with E-state index in [0.717, 1.165) is 0 Å². The molecule has 0 N–H and O–H groups in total. The van der Waals surface area contributed by atoms with Gasteiger partial charge in [0, 0.05) is 0 Å². The van der Waals surface area contributed by atoms with Crippen LogP contribution in [0.15, 0.2) is 66.4 Å². The molecule has 0 saturated heterocycles. The Kier molecular flexibility index (Phi) is 4.35. The average molecular weight is 526 g/mol. The molecule has 0 spiro atoms. The third kappa shape index (κ3) is 2.52. The van der Waals surface area contributed by atoms with E-state index in [4.69, 9.17) is 0 Å². The maximum absolute atomic E-state index is 2.48. The van der Waals surface area contributed by atoms with E-state index in [2.05, 4.69) is 104 Å². The molecule has 1 aliphatic heterocycles. The molecule has 5 rings (SSSR count). The standard InChI is InChI=1S/C28H32Se2/c1-25(2)17-13-9-10-14-18(17)26(3,4)22-21(25)29-23-24(30-22)28(7,8)20-16-12-11-15-19(20)27(23,5)6/h9-16H,1-8H3. The zero-order valence-corrected chi connectivity index (χ0v) is 22.9. The van der Waals surface area contributed by atoms with Gasteiger partial charge in [0.25, 0.3) is 0 Å². The molecule has 2 aromatic rings. The molecular formula is C28H32Se2. The van der Waals surface area contributed by atoms with E-state index in [-0.39, 0.29) is 21.7 Å². The average Bonchev–Trinajstić information content (AvgIpc) is 2.71. The molecule has 0 amide bonds. The summed E-state index contributed by atoms with van der Waals surface area (Å²) in [4.78, 5) is 0. The first-order valence-corrected chi connectivity index (χ1v) is 14.4. The van der Waals surface area contributed by atoms with Crippen LogP contribution in [0.4, 0.5) is 0 Å². The number of fused-ring (bicyclic) bond motifs is 2. The molecule has 2 aromatic carbocycles. The van der Waals surface area contributed by atoms with Gasteiger partial charge in [-0.2, -0.15) is 0 Å². The minimum atomic E-state index is 0.124. The molecule has 30 heavy (non-hydrogen) atoms. The summed E-state index contributed by atoms with van der Waals surface area (Å²) in [6.45, 7) is 19.8. The Hall–Kier alpha value is -1.04. The number of benzene rings is 2. The molecule has 0 saturated carbocycles. The Morgan fingerprint density at radius 2 is 0.600 bits per heavy atom. The second kappa shape index (κ2) is 6.26. The molecule has 0 fully saturated rings. The van der Waals surface area contributed by atoms with Gasteiger partial charge in [0.1, 0.15) is 0 Å². The Labute approximate surface area is 194 Å². The maximum atomic E-state index is 2.48. The van der Waals surface area contributed by atoms with Crippen molar-refractivity contribution in [1.29, 1.82) is 0 Å². The van der Waals surface area contributed by atoms with Gasteiger partial charge in [-0.05, 0) is 0 Å². The van der Waals surface area contributed by atoms with Crippen LogP contribution >= 0.6 is 0 Å². The first-order chi connectivity index (χ1) is 13.9. The van der Waals surface area contributed by atoms with Crippen LogP contribution in [0, 0.1) is 0 Å². The van der Waals surface area contributed by atoms with Gasteiger partial charge in [-0.3, -0.25) is 0 Å². The van der Waals surface area contributed by atoms with E-state index >= 15 is 0 Å². The van der Waals surface area contributed by atoms with Gasteiger partial charge >= 0.3 is 196 Å². The molecule has 1 heterocycles. The summed E-state index contributed by atoms with van der Waals surface area (Å²) >= 11 is 0.764. The predicted octanol–water partition coefficient (Wildman–Crippen LogP) is 6.37. The fourth-order valence-corrected chi connectivity index (χ4v) is 14.3. The van der Waals surface area contributed by atoms with Gasteiger partial charge in [-0.15, -0.1) is 0 Å². The van der Waals surface area contributed by atoms with Gasteiger partial charge in [0.15, 0.2) is 0 Å². The van der Waals surface area contributed by atoms with Gasteiger partial charge < -0.3 is 0 Å². The monoisotopic (exact) mass is 528 g/mol. The number of hydrogen-bond donors (Lipinski definition) is 0. The molecule has 3 aliphatic rings. The minimum absolute atomic E-state index is 0.124. The summed E-state index contributed by atoms with van der Waals surface area (Å²) in [6.07, 6.45) is 0. The molecule has 0 aromatic heterocycles. The third-order valence-corrected chi connectivity index (χ3v) is 16.7. The molecule has 2 heteroatoms. The normalized spacial score (nSPS) is 24.5. The number of allylic oxidation sites excluding steroid dienone is 4. The van der Waals surface area contributed by atoms with Crippen LogP contribution < -0.4 is 0 Å². The van der Waals surface area contributed by atoms with Crippen LogP contribution in [0.5, 0.6) is 0 Å². The molecular weight excluding hydrogens is 494 g/mol. The zero-order valence-electron chi connectivity index (χ0n) is 19.4. The molecule has 0 atom stereocenters. The Balaban J connectivity index is 1.75. The molecule has 0 radical (unpaired) electrons. The van der Waals surface area contributed by atoms with Crippen LogP contribution in [0.25, 0.3) is 0 Å². The van der Waals surface area contributed by atoms with Crippen molar-refractivity contribution in [3.63, 3.8) is 0 Å². The first-order valence-electron chi connectivity index (χ1n) is 11.0. The topological polar surface area (TPSA) is 0 Å². The number of rotatable bonds is 0. The van der Waals surface area contributed by atoms with Crippen LogP contribution in [-0.4, -0.2) is 29.9 Å². The Morgan fingerprint density at radius 3 is 0.800 bits per heavy atom. The van der Waals surface area contributed by atoms with Crippen LogP contribution in [-0.2, 0) is 21.7 Å². The van der Waals surface area contributed by atoms with Crippen LogP contribution in [0.3, 0.4) is 0 Å². The van der Waals surface area contributed by atoms with Crippen molar-refractivity contribution in [2.75, 3.05) is 0 Å². The molecule has 0 nitrogen and oxygen atoms in total. The predicted molar refractivity (Wildman–Crippen MR) is 131 cm³/mol.